The minimum atomic E-state index is -0.376. The molecule has 1 atom stereocenters. The fourth-order valence-corrected chi connectivity index (χ4v) is 2.55. The van der Waals surface area contributed by atoms with Crippen molar-refractivity contribution in [1.82, 2.24) is 10.4 Å². The molecule has 0 saturated carbocycles. The lowest BCUT2D eigenvalue weighted by Crippen LogP contribution is -2.27. The summed E-state index contributed by atoms with van der Waals surface area (Å²) in [4.78, 5) is 4.91. The number of hydrazine groups is 1. The summed E-state index contributed by atoms with van der Waals surface area (Å²) in [6.07, 6.45) is 1.71. The van der Waals surface area contributed by atoms with E-state index in [-0.39, 0.29) is 17.4 Å². The van der Waals surface area contributed by atoms with E-state index in [1.807, 2.05) is 0 Å². The van der Waals surface area contributed by atoms with Gasteiger partial charge in [0.05, 0.1) is 10.4 Å². The summed E-state index contributed by atoms with van der Waals surface area (Å²) in [6.45, 7) is 0. The Labute approximate surface area is 106 Å². The fourth-order valence-electron chi connectivity index (χ4n) is 1.86. The first-order valence-electron chi connectivity index (χ1n) is 5.32. The number of nitrogens with zero attached hydrogens (tertiary/aromatic N) is 1. The highest BCUT2D eigenvalue weighted by Crippen LogP contribution is 2.30. The zero-order valence-electron chi connectivity index (χ0n) is 9.26. The highest BCUT2D eigenvalue weighted by Gasteiger charge is 2.19. The van der Waals surface area contributed by atoms with Crippen LogP contribution in [0.3, 0.4) is 0 Å². The Kier molecular flexibility index (Phi) is 2.83. The van der Waals surface area contributed by atoms with E-state index in [4.69, 9.17) is 10.3 Å². The van der Waals surface area contributed by atoms with Gasteiger partial charge >= 0.3 is 0 Å². The van der Waals surface area contributed by atoms with Crippen molar-refractivity contribution in [2.75, 3.05) is 0 Å². The number of hydrogen-bond donors (Lipinski definition) is 2. The number of thiazole rings is 1. The standard InChI is InChI=1S/C12H10FN3OS/c13-8-3-1-2-7-4-9(17-12(7)8)11(16-14)10-5-15-6-18-10/h1-6,11,16H,14H2. The SMILES string of the molecule is NNC(c1cc2cccc(F)c2o1)c1cncs1. The average Bonchev–Trinajstić information content (AvgIpc) is 3.00. The van der Waals surface area contributed by atoms with Crippen LogP contribution in [-0.2, 0) is 0 Å². The molecule has 18 heavy (non-hydrogen) atoms. The summed E-state index contributed by atoms with van der Waals surface area (Å²) in [5.74, 6) is 5.73. The minimum absolute atomic E-state index is 0.247. The third-order valence-corrected chi connectivity index (χ3v) is 3.54. The third-order valence-electron chi connectivity index (χ3n) is 2.70. The third kappa shape index (κ3) is 1.80. The highest BCUT2D eigenvalue weighted by atomic mass is 32.1. The molecule has 6 heteroatoms. The van der Waals surface area contributed by atoms with E-state index < -0.39 is 0 Å². The topological polar surface area (TPSA) is 64.1 Å². The minimum Gasteiger partial charge on any atom is -0.456 e. The summed E-state index contributed by atoms with van der Waals surface area (Å²) >= 11 is 1.46. The number of hydrogen-bond acceptors (Lipinski definition) is 5. The van der Waals surface area contributed by atoms with Gasteiger partial charge in [-0.15, -0.1) is 11.3 Å². The predicted molar refractivity (Wildman–Crippen MR) is 67.5 cm³/mol. The van der Waals surface area contributed by atoms with E-state index in [9.17, 15) is 4.39 Å². The number of halogens is 1. The van der Waals surface area contributed by atoms with Crippen LogP contribution in [0, 0.1) is 5.82 Å². The van der Waals surface area contributed by atoms with Gasteiger partial charge in [0.1, 0.15) is 11.8 Å². The lowest BCUT2D eigenvalue weighted by atomic mass is 10.2. The van der Waals surface area contributed by atoms with Gasteiger partial charge in [-0.1, -0.05) is 12.1 Å². The van der Waals surface area contributed by atoms with Crippen molar-refractivity contribution in [3.8, 4) is 0 Å². The lowest BCUT2D eigenvalue weighted by molar-refractivity contribution is 0.468. The first kappa shape index (κ1) is 11.3. The van der Waals surface area contributed by atoms with Crippen LogP contribution < -0.4 is 11.3 Å². The molecule has 1 unspecified atom stereocenters. The average molecular weight is 263 g/mol. The molecule has 3 rings (SSSR count). The maximum absolute atomic E-state index is 13.6. The van der Waals surface area contributed by atoms with Gasteiger partial charge in [-0.3, -0.25) is 10.8 Å². The maximum Gasteiger partial charge on any atom is 0.169 e. The molecule has 92 valence electrons. The molecule has 3 aromatic rings. The first-order valence-corrected chi connectivity index (χ1v) is 6.20. The quantitative estimate of drug-likeness (QED) is 0.563. The largest absolute Gasteiger partial charge is 0.456 e. The Hall–Kier alpha value is -1.76. The molecule has 2 aromatic heterocycles. The second-order valence-electron chi connectivity index (χ2n) is 3.81. The smallest absolute Gasteiger partial charge is 0.169 e. The van der Waals surface area contributed by atoms with Gasteiger partial charge in [0.2, 0.25) is 0 Å². The molecule has 0 saturated heterocycles. The summed E-state index contributed by atoms with van der Waals surface area (Å²) in [5.41, 5.74) is 4.61. The zero-order chi connectivity index (χ0) is 12.5. The second-order valence-corrected chi connectivity index (χ2v) is 4.73. The van der Waals surface area contributed by atoms with Crippen molar-refractivity contribution < 1.29 is 8.81 Å². The Morgan fingerprint density at radius 3 is 3.00 bits per heavy atom. The van der Waals surface area contributed by atoms with E-state index in [2.05, 4.69) is 10.4 Å². The van der Waals surface area contributed by atoms with E-state index in [0.29, 0.717) is 5.76 Å². The lowest BCUT2D eigenvalue weighted by Gasteiger charge is -2.09. The van der Waals surface area contributed by atoms with Gasteiger partial charge in [0, 0.05) is 11.6 Å². The summed E-state index contributed by atoms with van der Waals surface area (Å²) in [6, 6.07) is 6.28. The van der Waals surface area contributed by atoms with Gasteiger partial charge in [-0.05, 0) is 12.1 Å². The molecule has 3 N–H and O–H groups in total. The van der Waals surface area contributed by atoms with Crippen LogP contribution in [0.4, 0.5) is 4.39 Å². The van der Waals surface area contributed by atoms with Crippen molar-refractivity contribution in [1.29, 1.82) is 0 Å². The van der Waals surface area contributed by atoms with Crippen molar-refractivity contribution >= 4 is 22.3 Å². The molecule has 0 aliphatic heterocycles. The van der Waals surface area contributed by atoms with Crippen molar-refractivity contribution in [3.63, 3.8) is 0 Å². The molecule has 0 fully saturated rings. The predicted octanol–water partition coefficient (Wildman–Crippen LogP) is 2.58. The van der Waals surface area contributed by atoms with Crippen molar-refractivity contribution in [2.45, 2.75) is 6.04 Å². The van der Waals surface area contributed by atoms with Gasteiger partial charge in [-0.25, -0.2) is 9.82 Å². The highest BCUT2D eigenvalue weighted by molar-refractivity contribution is 7.09. The van der Waals surface area contributed by atoms with E-state index in [1.54, 1.807) is 29.9 Å². The van der Waals surface area contributed by atoms with Crippen LogP contribution in [0.2, 0.25) is 0 Å². The van der Waals surface area contributed by atoms with Crippen molar-refractivity contribution in [3.05, 3.63) is 52.4 Å². The fraction of sp³-hybridized carbons (Fsp3) is 0.0833. The Balaban J connectivity index is 2.11. The summed E-state index contributed by atoms with van der Waals surface area (Å²) in [5, 5.41) is 0.717. The van der Waals surface area contributed by atoms with Gasteiger partial charge in [0.15, 0.2) is 11.4 Å². The molecule has 1 aromatic carbocycles. The first-order chi connectivity index (χ1) is 8.79. The van der Waals surface area contributed by atoms with E-state index in [0.717, 1.165) is 10.3 Å². The zero-order valence-corrected chi connectivity index (χ0v) is 10.1. The van der Waals surface area contributed by atoms with Crippen LogP contribution >= 0.6 is 11.3 Å². The monoisotopic (exact) mass is 263 g/mol. The molecule has 4 nitrogen and oxygen atoms in total. The molecule has 0 bridgehead atoms. The second kappa shape index (κ2) is 4.49. The molecular formula is C12H10FN3OS. The Bertz CT molecular complexity index is 665. The molecule has 0 amide bonds. The number of nitrogens with one attached hydrogen (secondary N) is 1. The van der Waals surface area contributed by atoms with Gasteiger partial charge < -0.3 is 4.42 Å². The maximum atomic E-state index is 13.6. The van der Waals surface area contributed by atoms with Crippen LogP contribution in [0.5, 0.6) is 0 Å². The van der Waals surface area contributed by atoms with Gasteiger partial charge in [-0.2, -0.15) is 0 Å². The number of fused-ring (bicyclic) bond motifs is 1. The Morgan fingerprint density at radius 1 is 1.44 bits per heavy atom. The van der Waals surface area contributed by atoms with E-state index in [1.165, 1.54) is 17.4 Å². The number of furan rings is 1. The van der Waals surface area contributed by atoms with Crippen molar-refractivity contribution in [2.24, 2.45) is 5.84 Å². The number of rotatable bonds is 3. The molecular weight excluding hydrogens is 253 g/mol. The van der Waals surface area contributed by atoms with Crippen LogP contribution in [-0.4, -0.2) is 4.98 Å². The van der Waals surface area contributed by atoms with E-state index >= 15 is 0 Å². The molecule has 0 spiro atoms. The number of para-hydroxylation sites is 1. The number of nitrogens with two attached hydrogens (primary N) is 1. The summed E-state index contributed by atoms with van der Waals surface area (Å²) in [7, 11) is 0. The molecule has 0 aliphatic carbocycles. The number of aromatic nitrogens is 1. The van der Waals surface area contributed by atoms with Gasteiger partial charge in [0.25, 0.3) is 0 Å². The molecule has 0 radical (unpaired) electrons. The van der Waals surface area contributed by atoms with Crippen LogP contribution in [0.25, 0.3) is 11.0 Å². The van der Waals surface area contributed by atoms with Crippen LogP contribution in [0.1, 0.15) is 16.7 Å². The van der Waals surface area contributed by atoms with Crippen LogP contribution in [0.15, 0.2) is 40.4 Å². The Morgan fingerprint density at radius 2 is 2.33 bits per heavy atom. The number of benzene rings is 1. The summed E-state index contributed by atoms with van der Waals surface area (Å²) < 4.78 is 19.1. The molecule has 0 aliphatic rings. The normalized spacial score (nSPS) is 13.0. The molecule has 2 heterocycles.